The molecule has 3 N–H and O–H groups in total. The van der Waals surface area contributed by atoms with Gasteiger partial charge < -0.3 is 11.1 Å². The van der Waals surface area contributed by atoms with Gasteiger partial charge in [-0.05, 0) is 12.8 Å². The van der Waals surface area contributed by atoms with Crippen molar-refractivity contribution in [2.24, 2.45) is 11.7 Å². The van der Waals surface area contributed by atoms with Crippen LogP contribution in [0.1, 0.15) is 25.7 Å². The van der Waals surface area contributed by atoms with Crippen LogP contribution in [-0.2, 0) is 16.1 Å². The Morgan fingerprint density at radius 2 is 2.29 bits per heavy atom. The van der Waals surface area contributed by atoms with Gasteiger partial charge in [0.15, 0.2) is 5.82 Å². The van der Waals surface area contributed by atoms with Crippen molar-refractivity contribution in [1.29, 1.82) is 0 Å². The fourth-order valence-corrected chi connectivity index (χ4v) is 1.68. The molecule has 0 spiro atoms. The highest BCUT2D eigenvalue weighted by molar-refractivity contribution is 5.92. The Bertz CT molecular complexity index is 423. The molecule has 0 radical (unpaired) electrons. The number of hydrogen-bond donors (Lipinski definition) is 2. The average molecular weight is 236 g/mol. The quantitative estimate of drug-likeness (QED) is 0.779. The minimum absolute atomic E-state index is 0.0383. The zero-order chi connectivity index (χ0) is 12.3. The number of anilines is 1. The minimum Gasteiger partial charge on any atom is -0.370 e. The summed E-state index contributed by atoms with van der Waals surface area (Å²) >= 11 is 0. The molecule has 1 heterocycles. The van der Waals surface area contributed by atoms with Crippen LogP contribution in [0.3, 0.4) is 0 Å². The number of carbonyl (C=O) groups is 2. The molecule has 0 aromatic carbocycles. The van der Waals surface area contributed by atoms with E-state index < -0.39 is 0 Å². The van der Waals surface area contributed by atoms with E-state index in [9.17, 15) is 9.59 Å². The summed E-state index contributed by atoms with van der Waals surface area (Å²) in [6, 6.07) is 1.72. The van der Waals surface area contributed by atoms with E-state index in [0.717, 1.165) is 19.3 Å². The van der Waals surface area contributed by atoms with Crippen molar-refractivity contribution in [3.05, 3.63) is 12.3 Å². The Kier molecular flexibility index (Phi) is 3.41. The molecule has 0 bridgehead atoms. The Morgan fingerprint density at radius 1 is 1.53 bits per heavy atom. The molecule has 2 amide bonds. The molecule has 2 rings (SSSR count). The molecule has 0 atom stereocenters. The fourth-order valence-electron chi connectivity index (χ4n) is 1.68. The van der Waals surface area contributed by atoms with Crippen molar-refractivity contribution in [2.45, 2.75) is 32.2 Å². The van der Waals surface area contributed by atoms with Gasteiger partial charge in [-0.1, -0.05) is 6.42 Å². The van der Waals surface area contributed by atoms with Gasteiger partial charge in [0.1, 0.15) is 0 Å². The van der Waals surface area contributed by atoms with Gasteiger partial charge >= 0.3 is 0 Å². The van der Waals surface area contributed by atoms with Crippen molar-refractivity contribution in [1.82, 2.24) is 9.78 Å². The molecule has 92 valence electrons. The lowest BCUT2D eigenvalue weighted by Crippen LogP contribution is -2.28. The molecule has 1 aromatic rings. The zero-order valence-corrected chi connectivity index (χ0v) is 9.56. The van der Waals surface area contributed by atoms with Crippen LogP contribution >= 0.6 is 0 Å². The van der Waals surface area contributed by atoms with E-state index in [0.29, 0.717) is 12.4 Å². The van der Waals surface area contributed by atoms with Crippen LogP contribution in [0.5, 0.6) is 0 Å². The number of aryl methyl sites for hydroxylation is 1. The molecule has 1 fully saturated rings. The maximum Gasteiger partial charge on any atom is 0.228 e. The molecule has 0 unspecified atom stereocenters. The smallest absolute Gasteiger partial charge is 0.228 e. The molecule has 6 nitrogen and oxygen atoms in total. The normalized spacial score (nSPS) is 15.3. The van der Waals surface area contributed by atoms with Crippen LogP contribution in [0.25, 0.3) is 0 Å². The molecule has 1 aromatic heterocycles. The molecule has 1 aliphatic carbocycles. The molecule has 1 aliphatic rings. The third kappa shape index (κ3) is 3.05. The standard InChI is InChI=1S/C11H16N4O2/c12-9(16)4-6-15-7-5-10(14-15)13-11(17)8-2-1-3-8/h5,7-8H,1-4,6H2,(H2,12,16)(H,13,14,17). The zero-order valence-electron chi connectivity index (χ0n) is 9.56. The van der Waals surface area contributed by atoms with Crippen molar-refractivity contribution >= 4 is 17.6 Å². The number of carbonyl (C=O) groups excluding carboxylic acids is 2. The lowest BCUT2D eigenvalue weighted by atomic mass is 9.85. The van der Waals surface area contributed by atoms with Crippen LogP contribution in [0.2, 0.25) is 0 Å². The maximum absolute atomic E-state index is 11.6. The molecule has 17 heavy (non-hydrogen) atoms. The van der Waals surface area contributed by atoms with E-state index in [4.69, 9.17) is 5.73 Å². The van der Waals surface area contributed by atoms with Crippen molar-refractivity contribution in [3.63, 3.8) is 0 Å². The number of hydrogen-bond acceptors (Lipinski definition) is 3. The van der Waals surface area contributed by atoms with Gasteiger partial charge in [-0.2, -0.15) is 5.10 Å². The third-order valence-corrected chi connectivity index (χ3v) is 2.96. The van der Waals surface area contributed by atoms with Crippen LogP contribution in [0, 0.1) is 5.92 Å². The Balaban J connectivity index is 1.84. The summed E-state index contributed by atoms with van der Waals surface area (Å²) < 4.78 is 1.60. The number of amides is 2. The first kappa shape index (κ1) is 11.6. The molecule has 6 heteroatoms. The van der Waals surface area contributed by atoms with E-state index >= 15 is 0 Å². The summed E-state index contributed by atoms with van der Waals surface area (Å²) in [5.41, 5.74) is 5.04. The molecule has 0 saturated heterocycles. The lowest BCUT2D eigenvalue weighted by Gasteiger charge is -2.23. The maximum atomic E-state index is 11.6. The van der Waals surface area contributed by atoms with Crippen molar-refractivity contribution in [3.8, 4) is 0 Å². The SMILES string of the molecule is NC(=O)CCn1ccc(NC(=O)C2CCC2)n1. The molecule has 0 aliphatic heterocycles. The van der Waals surface area contributed by atoms with E-state index in [1.165, 1.54) is 0 Å². The number of primary amides is 1. The summed E-state index contributed by atoms with van der Waals surface area (Å²) in [6.07, 6.45) is 5.03. The fraction of sp³-hybridized carbons (Fsp3) is 0.545. The predicted molar refractivity (Wildman–Crippen MR) is 62.0 cm³/mol. The van der Waals surface area contributed by atoms with Gasteiger partial charge in [0.25, 0.3) is 0 Å². The number of nitrogens with two attached hydrogens (primary N) is 1. The Morgan fingerprint density at radius 3 is 2.88 bits per heavy atom. The highest BCUT2D eigenvalue weighted by Crippen LogP contribution is 2.27. The second-order valence-corrected chi connectivity index (χ2v) is 4.30. The minimum atomic E-state index is -0.361. The van der Waals surface area contributed by atoms with Gasteiger partial charge in [0, 0.05) is 31.1 Å². The summed E-state index contributed by atoms with van der Waals surface area (Å²) in [5, 5.41) is 6.90. The first-order valence-corrected chi connectivity index (χ1v) is 5.78. The third-order valence-electron chi connectivity index (χ3n) is 2.96. The van der Waals surface area contributed by atoms with E-state index in [1.807, 2.05) is 0 Å². The van der Waals surface area contributed by atoms with Crippen molar-refractivity contribution < 1.29 is 9.59 Å². The summed E-state index contributed by atoms with van der Waals surface area (Å²) in [7, 11) is 0. The second kappa shape index (κ2) is 4.99. The van der Waals surface area contributed by atoms with Gasteiger partial charge in [0.05, 0.1) is 0 Å². The molecular weight excluding hydrogens is 220 g/mol. The highest BCUT2D eigenvalue weighted by atomic mass is 16.2. The van der Waals surface area contributed by atoms with E-state index in [1.54, 1.807) is 16.9 Å². The number of rotatable bonds is 5. The van der Waals surface area contributed by atoms with Crippen molar-refractivity contribution in [2.75, 3.05) is 5.32 Å². The van der Waals surface area contributed by atoms with Crippen LogP contribution < -0.4 is 11.1 Å². The van der Waals surface area contributed by atoms with E-state index in [-0.39, 0.29) is 24.2 Å². The highest BCUT2D eigenvalue weighted by Gasteiger charge is 2.25. The number of nitrogens with zero attached hydrogens (tertiary/aromatic N) is 2. The largest absolute Gasteiger partial charge is 0.370 e. The lowest BCUT2D eigenvalue weighted by molar-refractivity contribution is -0.122. The summed E-state index contributed by atoms with van der Waals surface area (Å²) in [4.78, 5) is 22.2. The topological polar surface area (TPSA) is 90.0 Å². The first-order valence-electron chi connectivity index (χ1n) is 5.78. The van der Waals surface area contributed by atoms with Gasteiger partial charge in [-0.15, -0.1) is 0 Å². The van der Waals surface area contributed by atoms with Gasteiger partial charge in [-0.3, -0.25) is 14.3 Å². The Hall–Kier alpha value is -1.85. The number of aromatic nitrogens is 2. The second-order valence-electron chi connectivity index (χ2n) is 4.30. The summed E-state index contributed by atoms with van der Waals surface area (Å²) in [6.45, 7) is 0.439. The van der Waals surface area contributed by atoms with E-state index in [2.05, 4.69) is 10.4 Å². The molecule has 1 saturated carbocycles. The van der Waals surface area contributed by atoms with Gasteiger partial charge in [-0.25, -0.2) is 0 Å². The first-order chi connectivity index (χ1) is 8.15. The Labute approximate surface area is 99.2 Å². The number of nitrogens with one attached hydrogen (secondary N) is 1. The van der Waals surface area contributed by atoms with Crippen LogP contribution in [0.15, 0.2) is 12.3 Å². The molecular formula is C11H16N4O2. The monoisotopic (exact) mass is 236 g/mol. The van der Waals surface area contributed by atoms with Gasteiger partial charge in [0.2, 0.25) is 11.8 Å². The average Bonchev–Trinajstić information content (AvgIpc) is 2.59. The van der Waals surface area contributed by atoms with Crippen LogP contribution in [-0.4, -0.2) is 21.6 Å². The predicted octanol–water partition coefficient (Wildman–Crippen LogP) is 0.497. The van der Waals surface area contributed by atoms with Crippen LogP contribution in [0.4, 0.5) is 5.82 Å². The summed E-state index contributed by atoms with van der Waals surface area (Å²) in [5.74, 6) is 0.356.